The summed E-state index contributed by atoms with van der Waals surface area (Å²) in [5.41, 5.74) is 0. The zero-order valence-electron chi connectivity index (χ0n) is 23.6. The van der Waals surface area contributed by atoms with Crippen LogP contribution in [0.5, 0.6) is 0 Å². The molecule has 7 N–H and O–H groups in total. The van der Waals surface area contributed by atoms with Gasteiger partial charge in [-0.25, -0.2) is 11.1 Å². The molecule has 8 atom stereocenters. The van der Waals surface area contributed by atoms with Crippen LogP contribution in [-0.4, -0.2) is 140 Å². The molecule has 20 heteroatoms. The number of aliphatic carboxylic acids is 1. The van der Waals surface area contributed by atoms with E-state index in [1.54, 1.807) is 0 Å². The van der Waals surface area contributed by atoms with Crippen molar-refractivity contribution in [3.05, 3.63) is 0 Å². The summed E-state index contributed by atoms with van der Waals surface area (Å²) in [6.45, 7) is 3.40. The van der Waals surface area contributed by atoms with Crippen molar-refractivity contribution < 1.29 is 123 Å². The number of carbonyl (C=O) groups excluding carboxylic acids is 6. The molecule has 0 unspecified atom stereocenters. The topological polar surface area (TPSA) is 317 Å². The first-order valence-electron chi connectivity index (χ1n) is 11.1. The summed E-state index contributed by atoms with van der Waals surface area (Å²) >= 11 is 0. The van der Waals surface area contributed by atoms with Gasteiger partial charge in [-0.05, 0) is 6.10 Å². The van der Waals surface area contributed by atoms with Crippen LogP contribution in [0.25, 0.3) is 0 Å². The van der Waals surface area contributed by atoms with Gasteiger partial charge < -0.3 is 64.6 Å². The second-order valence-electron chi connectivity index (χ2n) is 7.76. The van der Waals surface area contributed by atoms with Crippen LogP contribution in [0.1, 0.15) is 42.0 Å². The van der Waals surface area contributed by atoms with Gasteiger partial charge in [0, 0.05) is 34.6 Å². The van der Waals surface area contributed by atoms with Gasteiger partial charge in [0.05, 0.1) is 12.7 Å². The Morgan fingerprint density at radius 2 is 1.12 bits per heavy atom. The number of ether oxygens (including phenoxy) is 5. The van der Waals surface area contributed by atoms with Gasteiger partial charge in [0.25, 0.3) is 0 Å². The van der Waals surface area contributed by atoms with Gasteiger partial charge >= 0.3 is 65.4 Å². The van der Waals surface area contributed by atoms with Gasteiger partial charge in [0.1, 0.15) is 18.8 Å². The van der Waals surface area contributed by atoms with Crippen LogP contribution in [0.15, 0.2) is 0 Å². The minimum Gasteiger partial charge on any atom is -0.870 e. The first-order valence-corrected chi connectivity index (χ1v) is 11.1. The molecule has 0 radical (unpaired) electrons. The van der Waals surface area contributed by atoms with E-state index in [0.717, 1.165) is 40.9 Å². The maximum atomic E-state index is 11.6. The quantitative estimate of drug-likeness (QED) is 0.0419. The van der Waals surface area contributed by atoms with E-state index in [4.69, 9.17) is 44.5 Å². The molecule has 0 saturated carbocycles. The molecule has 43 heavy (non-hydrogen) atoms. The van der Waals surface area contributed by atoms with Crippen LogP contribution in [0, 0.1) is 0 Å². The number of aliphatic hydroxyl groups is 5. The van der Waals surface area contributed by atoms with E-state index < -0.39 is 97.9 Å². The van der Waals surface area contributed by atoms with E-state index in [-0.39, 0.29) is 42.5 Å². The van der Waals surface area contributed by atoms with Crippen LogP contribution >= 0.6 is 0 Å². The minimum absolute atomic E-state index is 0. The number of hydrogen-bond acceptors (Lipinski definition) is 18. The van der Waals surface area contributed by atoms with E-state index in [9.17, 15) is 38.7 Å². The Balaban J connectivity index is -0.000000273. The third-order valence-corrected chi connectivity index (χ3v) is 4.27. The fourth-order valence-corrected chi connectivity index (χ4v) is 2.68. The fraction of sp³-hybridized carbons (Fsp3) is 0.696. The molecule has 0 aromatic carbocycles. The molecule has 0 aliphatic rings. The summed E-state index contributed by atoms with van der Waals surface area (Å²) in [6.07, 6.45) is -13.4. The minimum atomic E-state index is -2.11. The number of carboxylic acids is 1. The van der Waals surface area contributed by atoms with Crippen molar-refractivity contribution in [1.29, 1.82) is 0 Å². The molecule has 0 amide bonds. The van der Waals surface area contributed by atoms with Crippen molar-refractivity contribution in [2.75, 3.05) is 13.2 Å². The van der Waals surface area contributed by atoms with Gasteiger partial charge in [-0.3, -0.25) is 24.0 Å². The van der Waals surface area contributed by atoms with Crippen molar-refractivity contribution in [2.24, 2.45) is 0 Å². The van der Waals surface area contributed by atoms with Gasteiger partial charge in [-0.15, -0.1) is 0 Å². The largest absolute Gasteiger partial charge is 1.00 e. The zero-order valence-corrected chi connectivity index (χ0v) is 25.6. The molecular formula is C23H38NaO19-. The molecule has 0 aliphatic carbocycles. The molecule has 19 nitrogen and oxygen atoms in total. The Hall–Kier alpha value is -2.75. The van der Waals surface area contributed by atoms with Gasteiger partial charge in [0.2, 0.25) is 6.10 Å². The molecule has 0 aromatic rings. The average molecular weight is 642 g/mol. The summed E-state index contributed by atoms with van der Waals surface area (Å²) in [5.74, 6) is -6.40. The van der Waals surface area contributed by atoms with E-state index in [1.807, 2.05) is 0 Å². The van der Waals surface area contributed by atoms with E-state index >= 15 is 0 Å². The van der Waals surface area contributed by atoms with Crippen molar-refractivity contribution in [1.82, 2.24) is 0 Å². The molecule has 0 aliphatic heterocycles. The van der Waals surface area contributed by atoms with Gasteiger partial charge in [0.15, 0.2) is 18.3 Å². The van der Waals surface area contributed by atoms with E-state index in [0.29, 0.717) is 0 Å². The Labute approximate surface area is 268 Å². The third-order valence-electron chi connectivity index (χ3n) is 4.27. The summed E-state index contributed by atoms with van der Waals surface area (Å²) < 4.78 is 24.2. The molecular weight excluding hydrogens is 603 g/mol. The molecule has 0 spiro atoms. The van der Waals surface area contributed by atoms with Crippen molar-refractivity contribution in [2.45, 2.75) is 90.9 Å². The fourth-order valence-electron chi connectivity index (χ4n) is 2.68. The molecule has 0 bridgehead atoms. The number of aliphatic hydroxyl groups excluding tert-OH is 5. The Morgan fingerprint density at radius 1 is 0.698 bits per heavy atom. The monoisotopic (exact) mass is 641 g/mol. The Morgan fingerprint density at radius 3 is 1.44 bits per heavy atom. The SMILES string of the molecule is C.CC(=O)OC[C@@H](OC(C)=O)[C@@H](OC(C)=O)[C@H](OC(C)=O)[C@@H](OC(C)=O)C(=O)O.O=[C-][C@H](O)[C@@H](O)[C@H](O)[C@H](O)CO.[Na+].[OH-]. The number of carbonyl (C=O) groups is 6. The summed E-state index contributed by atoms with van der Waals surface area (Å²) in [4.78, 5) is 78.1. The van der Waals surface area contributed by atoms with Crippen LogP contribution < -0.4 is 29.6 Å². The van der Waals surface area contributed by atoms with Crippen LogP contribution in [0.2, 0.25) is 0 Å². The molecule has 0 saturated heterocycles. The first-order chi connectivity index (χ1) is 18.4. The number of hydrogen-bond donors (Lipinski definition) is 6. The average Bonchev–Trinajstić information content (AvgIpc) is 2.84. The van der Waals surface area contributed by atoms with Crippen LogP contribution in [0.3, 0.4) is 0 Å². The van der Waals surface area contributed by atoms with Crippen LogP contribution in [0.4, 0.5) is 0 Å². The second-order valence-corrected chi connectivity index (χ2v) is 7.76. The maximum absolute atomic E-state index is 11.6. The molecule has 246 valence electrons. The van der Waals surface area contributed by atoms with Crippen molar-refractivity contribution >= 4 is 42.1 Å². The number of carboxylic acid groups (broad SMARTS) is 1. The predicted molar refractivity (Wildman–Crippen MR) is 132 cm³/mol. The maximum Gasteiger partial charge on any atom is 1.00 e. The predicted octanol–water partition coefficient (Wildman–Crippen LogP) is -6.64. The van der Waals surface area contributed by atoms with Crippen molar-refractivity contribution in [3.63, 3.8) is 0 Å². The molecule has 0 aromatic heterocycles. The Kier molecular flexibility index (Phi) is 29.9. The van der Waals surface area contributed by atoms with Crippen molar-refractivity contribution in [3.8, 4) is 0 Å². The number of rotatable bonds is 15. The van der Waals surface area contributed by atoms with E-state index in [1.165, 1.54) is 0 Å². The number of esters is 5. The second kappa shape index (κ2) is 25.7. The normalized spacial score (nSPS) is 15.3. The first kappa shape index (κ1) is 49.9. The molecule has 0 fully saturated rings. The third kappa shape index (κ3) is 21.6. The smallest absolute Gasteiger partial charge is 0.870 e. The Bertz CT molecular complexity index is 881. The van der Waals surface area contributed by atoms with Gasteiger partial charge in [-0.2, -0.15) is 0 Å². The van der Waals surface area contributed by atoms with Crippen LogP contribution in [-0.2, 0) is 57.2 Å². The zero-order chi connectivity index (χ0) is 31.7. The summed E-state index contributed by atoms with van der Waals surface area (Å²) in [5, 5.41) is 52.8. The molecule has 0 heterocycles. The van der Waals surface area contributed by atoms with Gasteiger partial charge in [-0.1, -0.05) is 7.43 Å². The summed E-state index contributed by atoms with van der Waals surface area (Å²) in [6, 6.07) is 0. The standard InChI is InChI=1S/C16H22O12.C6H11O6.CH4.Na.H2O/c1-7(17)24-6-12(25-8(2)18)13(26-9(3)19)14(27-10(4)20)15(16(22)23)28-11(5)21;7-1-3(9)5(11)6(12)4(10)2-8;;;/h12-15H,6H2,1-5H3,(H,22,23);3-7,9-12H,1H2;1H4;;1H2/q;-1;;+1;/p-1/t12-,13-,14+,15-;3-,4+,5-,6-;;;/m11.../s1. The van der Waals surface area contributed by atoms with E-state index in [2.05, 4.69) is 4.74 Å². The molecule has 0 rings (SSSR count). The summed E-state index contributed by atoms with van der Waals surface area (Å²) in [7, 11) is 0.